The Morgan fingerprint density at radius 1 is 1.08 bits per heavy atom. The fourth-order valence-electron chi connectivity index (χ4n) is 3.76. The molecule has 2 heterocycles. The van der Waals surface area contributed by atoms with E-state index in [-0.39, 0.29) is 11.3 Å². The zero-order chi connectivity index (χ0) is 25.9. The molecule has 0 radical (unpaired) electrons. The van der Waals surface area contributed by atoms with Gasteiger partial charge < -0.3 is 5.32 Å². The van der Waals surface area contributed by atoms with Gasteiger partial charge in [0, 0.05) is 34.6 Å². The number of carbonyl (C=O) groups is 2. The summed E-state index contributed by atoms with van der Waals surface area (Å²) in [5.74, 6) is -0.965. The average Bonchev–Trinajstić information content (AvgIpc) is 3.15. The van der Waals surface area contributed by atoms with Gasteiger partial charge in [0.15, 0.2) is 0 Å². The van der Waals surface area contributed by atoms with Crippen LogP contribution in [0.25, 0.3) is 27.2 Å². The molecule has 1 amide bonds. The number of fused-ring (bicyclic) bond motifs is 1. The van der Waals surface area contributed by atoms with Crippen LogP contribution in [0, 0.1) is 0 Å². The Morgan fingerprint density at radius 2 is 1.83 bits per heavy atom. The lowest BCUT2D eigenvalue weighted by molar-refractivity contribution is 0.0968. The van der Waals surface area contributed by atoms with Crippen LogP contribution in [0.1, 0.15) is 41.5 Å². The van der Waals surface area contributed by atoms with E-state index in [1.807, 2.05) is 12.1 Å². The van der Waals surface area contributed by atoms with Crippen molar-refractivity contribution in [3.63, 3.8) is 0 Å². The molecular formula is C26H23N7O3. The molecule has 10 nitrogen and oxygen atoms in total. The van der Waals surface area contributed by atoms with Gasteiger partial charge in [-0.2, -0.15) is 0 Å². The quantitative estimate of drug-likeness (QED) is 0.181. The minimum atomic E-state index is -0.675. The number of azide groups is 1. The summed E-state index contributed by atoms with van der Waals surface area (Å²) in [6.45, 7) is 6.31. The molecule has 0 aliphatic carbocycles. The number of nitrogens with one attached hydrogen (secondary N) is 1. The second kappa shape index (κ2) is 9.73. The van der Waals surface area contributed by atoms with Crippen LogP contribution in [0.15, 0.2) is 89.2 Å². The molecule has 2 aromatic carbocycles. The highest BCUT2D eigenvalue weighted by Gasteiger charge is 2.19. The molecule has 0 unspecified atom stereocenters. The van der Waals surface area contributed by atoms with Crippen LogP contribution >= 0.6 is 0 Å². The third kappa shape index (κ3) is 4.79. The van der Waals surface area contributed by atoms with Crippen molar-refractivity contribution in [2.75, 3.05) is 5.32 Å². The average molecular weight is 482 g/mol. The van der Waals surface area contributed by atoms with Gasteiger partial charge in [-0.1, -0.05) is 44.1 Å². The number of carbonyl (C=O) groups excluding carboxylic acids is 2. The number of allylic oxidation sites excluding steroid dienone is 1. The van der Waals surface area contributed by atoms with E-state index in [1.165, 1.54) is 17.0 Å². The molecule has 0 aliphatic rings. The minimum Gasteiger partial charge on any atom is -0.322 e. The number of rotatable bonds is 5. The summed E-state index contributed by atoms with van der Waals surface area (Å²) in [4.78, 5) is 45.4. The van der Waals surface area contributed by atoms with Gasteiger partial charge in [-0.15, -0.1) is 0 Å². The molecule has 4 aromatic rings. The molecule has 4 rings (SSSR count). The Bertz CT molecular complexity index is 1600. The van der Waals surface area contributed by atoms with E-state index in [1.54, 1.807) is 42.5 Å². The molecule has 1 N–H and O–H groups in total. The predicted octanol–water partition coefficient (Wildman–Crippen LogP) is 5.20. The normalized spacial score (nSPS) is 11.4. The van der Waals surface area contributed by atoms with Crippen LogP contribution in [-0.4, -0.2) is 25.9 Å². The molecule has 36 heavy (non-hydrogen) atoms. The van der Waals surface area contributed by atoms with Gasteiger partial charge in [-0.05, 0) is 52.9 Å². The summed E-state index contributed by atoms with van der Waals surface area (Å²) >= 11 is 0. The fourth-order valence-corrected chi connectivity index (χ4v) is 3.76. The Balaban J connectivity index is 1.69. The maximum atomic E-state index is 13.3. The number of benzene rings is 2. The van der Waals surface area contributed by atoms with Crippen LogP contribution < -0.4 is 11.0 Å². The van der Waals surface area contributed by atoms with Crippen LogP contribution in [0.3, 0.4) is 0 Å². The predicted molar refractivity (Wildman–Crippen MR) is 137 cm³/mol. The van der Waals surface area contributed by atoms with Crippen LogP contribution in [0.4, 0.5) is 5.69 Å². The first-order valence-corrected chi connectivity index (χ1v) is 11.1. The summed E-state index contributed by atoms with van der Waals surface area (Å²) in [5, 5.41) is 6.05. The van der Waals surface area contributed by atoms with E-state index in [4.69, 9.17) is 5.53 Å². The van der Waals surface area contributed by atoms with E-state index in [2.05, 4.69) is 41.1 Å². The van der Waals surface area contributed by atoms with Crippen molar-refractivity contribution >= 4 is 28.5 Å². The standard InChI is InChI=1S/C26H23N7O3/c1-26(2,3)18-9-7-17(8-10-18)24(35)30-19-5-4-6-20(15-19)32-22-16-28-13-11-21(22)33(25(32)36)23(34)12-14-29-31-27/h4-16H,1-3H3,(H,30,35). The molecular weight excluding hydrogens is 458 g/mol. The number of aromatic nitrogens is 3. The van der Waals surface area contributed by atoms with Crippen molar-refractivity contribution < 1.29 is 9.59 Å². The lowest BCUT2D eigenvalue weighted by Gasteiger charge is -2.19. The molecule has 180 valence electrons. The Morgan fingerprint density at radius 3 is 2.53 bits per heavy atom. The molecule has 0 fully saturated rings. The minimum absolute atomic E-state index is 0.0231. The van der Waals surface area contributed by atoms with Crippen molar-refractivity contribution in [1.82, 2.24) is 14.1 Å². The Kier molecular flexibility index (Phi) is 6.54. The van der Waals surface area contributed by atoms with Gasteiger partial charge in [-0.25, -0.2) is 9.36 Å². The molecule has 2 aromatic heterocycles. The van der Waals surface area contributed by atoms with Crippen molar-refractivity contribution in [2.45, 2.75) is 26.2 Å². The monoisotopic (exact) mass is 481 g/mol. The van der Waals surface area contributed by atoms with E-state index in [0.717, 1.165) is 22.4 Å². The summed E-state index contributed by atoms with van der Waals surface area (Å²) in [6, 6.07) is 15.7. The second-order valence-electron chi connectivity index (χ2n) is 9.01. The van der Waals surface area contributed by atoms with Crippen molar-refractivity contribution in [2.24, 2.45) is 5.11 Å². The first-order valence-electron chi connectivity index (χ1n) is 11.1. The number of hydrogen-bond donors (Lipinski definition) is 1. The summed E-state index contributed by atoms with van der Waals surface area (Å²) < 4.78 is 2.29. The largest absolute Gasteiger partial charge is 0.340 e. The van der Waals surface area contributed by atoms with Crippen molar-refractivity contribution in [3.8, 4) is 5.69 Å². The first-order chi connectivity index (χ1) is 17.2. The third-order valence-electron chi connectivity index (χ3n) is 5.57. The van der Waals surface area contributed by atoms with Gasteiger partial charge in [0.1, 0.15) is 0 Å². The first kappa shape index (κ1) is 24.2. The lowest BCUT2D eigenvalue weighted by atomic mass is 9.87. The molecule has 0 saturated heterocycles. The van der Waals surface area contributed by atoms with Crippen molar-refractivity contribution in [3.05, 3.63) is 111 Å². The zero-order valence-corrected chi connectivity index (χ0v) is 19.9. The van der Waals surface area contributed by atoms with Gasteiger partial charge in [-0.3, -0.25) is 19.1 Å². The third-order valence-corrected chi connectivity index (χ3v) is 5.57. The van der Waals surface area contributed by atoms with E-state index >= 15 is 0 Å². The van der Waals surface area contributed by atoms with Gasteiger partial charge in [0.2, 0.25) is 0 Å². The number of nitrogens with zero attached hydrogens (tertiary/aromatic N) is 6. The van der Waals surface area contributed by atoms with Gasteiger partial charge >= 0.3 is 5.69 Å². The van der Waals surface area contributed by atoms with E-state index in [0.29, 0.717) is 28.0 Å². The molecule has 0 aliphatic heterocycles. The smallest absolute Gasteiger partial charge is 0.322 e. The highest BCUT2D eigenvalue weighted by molar-refractivity contribution is 6.04. The highest BCUT2D eigenvalue weighted by Crippen LogP contribution is 2.23. The number of hydrogen-bond acceptors (Lipinski definition) is 5. The SMILES string of the molecule is CC(C)(C)c1ccc(C(=O)Nc2cccc(-n3c(=O)n(C(=O)C=CN=[N+]=[N-])c4ccncc43)c2)cc1. The molecule has 0 saturated carbocycles. The maximum Gasteiger partial charge on any atom is 0.340 e. The molecule has 0 spiro atoms. The topological polar surface area (TPSA) is 135 Å². The lowest BCUT2D eigenvalue weighted by Crippen LogP contribution is -2.27. The van der Waals surface area contributed by atoms with Crippen molar-refractivity contribution in [1.29, 1.82) is 0 Å². The van der Waals surface area contributed by atoms with Gasteiger partial charge in [0.25, 0.3) is 11.8 Å². The highest BCUT2D eigenvalue weighted by atomic mass is 16.2. The van der Waals surface area contributed by atoms with Crippen LogP contribution in [0.5, 0.6) is 0 Å². The molecule has 0 atom stereocenters. The summed E-state index contributed by atoms with van der Waals surface area (Å²) in [5.41, 5.74) is 11.0. The van der Waals surface area contributed by atoms with E-state index in [9.17, 15) is 14.4 Å². The second-order valence-corrected chi connectivity index (χ2v) is 9.01. The summed E-state index contributed by atoms with van der Waals surface area (Å²) in [7, 11) is 0. The number of imidazole rings is 1. The Labute approximate surface area is 206 Å². The number of anilines is 1. The van der Waals surface area contributed by atoms with Crippen LogP contribution in [-0.2, 0) is 5.41 Å². The molecule has 10 heteroatoms. The van der Waals surface area contributed by atoms with Crippen LogP contribution in [0.2, 0.25) is 0 Å². The number of pyridine rings is 1. The zero-order valence-electron chi connectivity index (χ0n) is 19.9. The number of amides is 1. The summed E-state index contributed by atoms with van der Waals surface area (Å²) in [6.07, 6.45) is 4.92. The maximum absolute atomic E-state index is 13.3. The molecule has 0 bridgehead atoms. The Hall–Kier alpha value is -4.95. The fraction of sp³-hybridized carbons (Fsp3) is 0.154. The van der Waals surface area contributed by atoms with E-state index < -0.39 is 11.6 Å². The van der Waals surface area contributed by atoms with Gasteiger partial charge in [0.05, 0.1) is 22.9 Å².